The highest BCUT2D eigenvalue weighted by Crippen LogP contribution is 2.22. The molecule has 1 aliphatic heterocycles. The van der Waals surface area contributed by atoms with Gasteiger partial charge in [-0.3, -0.25) is 9.69 Å². The maximum Gasteiger partial charge on any atom is 0.220 e. The quantitative estimate of drug-likeness (QED) is 0.787. The molecule has 0 aliphatic carbocycles. The Morgan fingerprint density at radius 1 is 1.15 bits per heavy atom. The molecule has 0 spiro atoms. The fourth-order valence-corrected chi connectivity index (χ4v) is 3.61. The number of benzene rings is 2. The zero-order valence-corrected chi connectivity index (χ0v) is 16.5. The molecule has 0 aromatic heterocycles. The molecular weight excluding hydrogens is 360 g/mol. The SMILES string of the molecule is Cc1ccc(C(CNC(=O)CCc2ccccc2Cl)N2CCOCC2)cc1. The molecule has 2 aromatic carbocycles. The Morgan fingerprint density at radius 3 is 2.56 bits per heavy atom. The third-order valence-corrected chi connectivity index (χ3v) is 5.39. The standard InChI is InChI=1S/C22H27ClN2O2/c1-17-6-8-19(9-7-17)21(25-12-14-27-15-13-25)16-24-22(26)11-10-18-4-2-3-5-20(18)23/h2-9,21H,10-16H2,1H3,(H,24,26). The van der Waals surface area contributed by atoms with E-state index < -0.39 is 0 Å². The van der Waals surface area contributed by atoms with Crippen LogP contribution in [0.4, 0.5) is 0 Å². The van der Waals surface area contributed by atoms with Gasteiger partial charge in [-0.15, -0.1) is 0 Å². The fourth-order valence-electron chi connectivity index (χ4n) is 3.38. The number of morpholine rings is 1. The highest BCUT2D eigenvalue weighted by atomic mass is 35.5. The molecule has 1 heterocycles. The largest absolute Gasteiger partial charge is 0.379 e. The second kappa shape index (κ2) is 9.88. The number of carbonyl (C=O) groups is 1. The summed E-state index contributed by atoms with van der Waals surface area (Å²) in [6.45, 7) is 5.93. The molecule has 0 saturated carbocycles. The first-order chi connectivity index (χ1) is 13.1. The summed E-state index contributed by atoms with van der Waals surface area (Å²) >= 11 is 6.18. The van der Waals surface area contributed by atoms with Gasteiger partial charge in [0.05, 0.1) is 19.3 Å². The van der Waals surface area contributed by atoms with E-state index in [9.17, 15) is 4.79 Å². The second-order valence-electron chi connectivity index (χ2n) is 6.97. The lowest BCUT2D eigenvalue weighted by Gasteiger charge is -2.35. The number of aryl methyl sites for hydroxylation is 2. The average molecular weight is 387 g/mol. The molecule has 1 unspecified atom stereocenters. The van der Waals surface area contributed by atoms with E-state index in [0.717, 1.165) is 36.9 Å². The average Bonchev–Trinajstić information content (AvgIpc) is 2.69. The number of hydrogen-bond donors (Lipinski definition) is 1. The molecule has 4 nitrogen and oxygen atoms in total. The Labute approximate surface area is 166 Å². The van der Waals surface area contributed by atoms with Crippen molar-refractivity contribution in [3.8, 4) is 0 Å². The molecule has 1 N–H and O–H groups in total. The highest BCUT2D eigenvalue weighted by molar-refractivity contribution is 6.31. The molecule has 27 heavy (non-hydrogen) atoms. The third kappa shape index (κ3) is 5.80. The molecule has 0 radical (unpaired) electrons. The van der Waals surface area contributed by atoms with Crippen LogP contribution in [-0.4, -0.2) is 43.7 Å². The fraction of sp³-hybridized carbons (Fsp3) is 0.409. The molecule has 1 aliphatic rings. The normalized spacial score (nSPS) is 16.1. The minimum absolute atomic E-state index is 0.0558. The van der Waals surface area contributed by atoms with Crippen LogP contribution in [0.2, 0.25) is 5.02 Å². The summed E-state index contributed by atoms with van der Waals surface area (Å²) in [5.41, 5.74) is 3.48. The summed E-state index contributed by atoms with van der Waals surface area (Å²) in [5, 5.41) is 3.84. The number of halogens is 1. The molecule has 1 saturated heterocycles. The number of rotatable bonds is 7. The van der Waals surface area contributed by atoms with Crippen LogP contribution in [-0.2, 0) is 16.0 Å². The molecule has 2 aromatic rings. The van der Waals surface area contributed by atoms with Gasteiger partial charge < -0.3 is 10.1 Å². The number of hydrogen-bond acceptors (Lipinski definition) is 3. The Kier molecular flexibility index (Phi) is 7.27. The lowest BCUT2D eigenvalue weighted by molar-refractivity contribution is -0.121. The van der Waals surface area contributed by atoms with E-state index in [2.05, 4.69) is 41.4 Å². The maximum absolute atomic E-state index is 12.4. The van der Waals surface area contributed by atoms with Gasteiger partial charge in [-0.05, 0) is 30.5 Å². The van der Waals surface area contributed by atoms with Gasteiger partial charge in [0.1, 0.15) is 0 Å². The van der Waals surface area contributed by atoms with Crippen LogP contribution in [0.5, 0.6) is 0 Å². The predicted molar refractivity (Wildman–Crippen MR) is 109 cm³/mol. The van der Waals surface area contributed by atoms with Crippen LogP contribution in [0.1, 0.15) is 29.2 Å². The molecule has 1 fully saturated rings. The van der Waals surface area contributed by atoms with Gasteiger partial charge in [0.25, 0.3) is 0 Å². The summed E-state index contributed by atoms with van der Waals surface area (Å²) in [4.78, 5) is 14.8. The van der Waals surface area contributed by atoms with Gasteiger partial charge in [-0.1, -0.05) is 59.6 Å². The Hall–Kier alpha value is -1.88. The number of nitrogens with one attached hydrogen (secondary N) is 1. The molecule has 0 bridgehead atoms. The second-order valence-corrected chi connectivity index (χ2v) is 7.38. The van der Waals surface area contributed by atoms with E-state index >= 15 is 0 Å². The monoisotopic (exact) mass is 386 g/mol. The minimum Gasteiger partial charge on any atom is -0.379 e. The number of nitrogens with zero attached hydrogens (tertiary/aromatic N) is 1. The van der Waals surface area contributed by atoms with Crippen LogP contribution in [0.25, 0.3) is 0 Å². The van der Waals surface area contributed by atoms with Crippen molar-refractivity contribution in [2.75, 3.05) is 32.8 Å². The van der Waals surface area contributed by atoms with Gasteiger partial charge in [0.15, 0.2) is 0 Å². The number of carbonyl (C=O) groups excluding carboxylic acids is 1. The van der Waals surface area contributed by atoms with E-state index in [1.54, 1.807) is 0 Å². The maximum atomic E-state index is 12.4. The van der Waals surface area contributed by atoms with Crippen molar-refractivity contribution >= 4 is 17.5 Å². The van der Waals surface area contributed by atoms with Crippen LogP contribution in [0, 0.1) is 6.92 Å². The molecule has 144 valence electrons. The van der Waals surface area contributed by atoms with Crippen molar-refractivity contribution in [1.82, 2.24) is 10.2 Å². The first kappa shape index (κ1) is 19.9. The smallest absolute Gasteiger partial charge is 0.220 e. The van der Waals surface area contributed by atoms with Crippen molar-refractivity contribution in [1.29, 1.82) is 0 Å². The first-order valence-electron chi connectivity index (χ1n) is 9.52. The lowest BCUT2D eigenvalue weighted by atomic mass is 10.0. The molecule has 1 atom stereocenters. The Balaban J connectivity index is 1.59. The van der Waals surface area contributed by atoms with Gasteiger partial charge in [-0.2, -0.15) is 0 Å². The minimum atomic E-state index is 0.0558. The third-order valence-electron chi connectivity index (χ3n) is 5.02. The van der Waals surface area contributed by atoms with Gasteiger partial charge in [-0.25, -0.2) is 0 Å². The summed E-state index contributed by atoms with van der Waals surface area (Å²) in [5.74, 6) is 0.0558. The van der Waals surface area contributed by atoms with E-state index in [0.29, 0.717) is 19.4 Å². The number of ether oxygens (including phenoxy) is 1. The molecule has 5 heteroatoms. The summed E-state index contributed by atoms with van der Waals surface area (Å²) in [6.07, 6.45) is 1.09. The topological polar surface area (TPSA) is 41.6 Å². The Morgan fingerprint density at radius 2 is 1.85 bits per heavy atom. The van der Waals surface area contributed by atoms with E-state index in [4.69, 9.17) is 16.3 Å². The zero-order chi connectivity index (χ0) is 19.1. The molecular formula is C22H27ClN2O2. The van der Waals surface area contributed by atoms with Gasteiger partial charge in [0.2, 0.25) is 5.91 Å². The first-order valence-corrected chi connectivity index (χ1v) is 9.90. The summed E-state index contributed by atoms with van der Waals surface area (Å²) in [7, 11) is 0. The summed E-state index contributed by atoms with van der Waals surface area (Å²) < 4.78 is 5.49. The molecule has 1 amide bonds. The van der Waals surface area contributed by atoms with E-state index in [-0.39, 0.29) is 11.9 Å². The predicted octanol–water partition coefficient (Wildman–Crippen LogP) is 3.77. The van der Waals surface area contributed by atoms with Gasteiger partial charge in [0, 0.05) is 31.1 Å². The van der Waals surface area contributed by atoms with Crippen LogP contribution in [0.3, 0.4) is 0 Å². The van der Waals surface area contributed by atoms with E-state index in [1.165, 1.54) is 11.1 Å². The van der Waals surface area contributed by atoms with Gasteiger partial charge >= 0.3 is 0 Å². The van der Waals surface area contributed by atoms with Crippen LogP contribution in [0.15, 0.2) is 48.5 Å². The van der Waals surface area contributed by atoms with Crippen molar-refractivity contribution in [3.63, 3.8) is 0 Å². The molecule has 3 rings (SSSR count). The highest BCUT2D eigenvalue weighted by Gasteiger charge is 2.23. The van der Waals surface area contributed by atoms with Crippen molar-refractivity contribution in [3.05, 3.63) is 70.2 Å². The van der Waals surface area contributed by atoms with Crippen LogP contribution < -0.4 is 5.32 Å². The zero-order valence-electron chi connectivity index (χ0n) is 15.8. The lowest BCUT2D eigenvalue weighted by Crippen LogP contribution is -2.43. The van der Waals surface area contributed by atoms with Crippen molar-refractivity contribution in [2.45, 2.75) is 25.8 Å². The Bertz CT molecular complexity index is 742. The van der Waals surface area contributed by atoms with Crippen LogP contribution >= 0.6 is 11.6 Å². The van der Waals surface area contributed by atoms with Crippen molar-refractivity contribution in [2.24, 2.45) is 0 Å². The number of amides is 1. The summed E-state index contributed by atoms with van der Waals surface area (Å²) in [6, 6.07) is 16.4. The van der Waals surface area contributed by atoms with Crippen molar-refractivity contribution < 1.29 is 9.53 Å². The van der Waals surface area contributed by atoms with E-state index in [1.807, 2.05) is 24.3 Å².